The van der Waals surface area contributed by atoms with Crippen LogP contribution >= 0.6 is 0 Å². The van der Waals surface area contributed by atoms with Crippen LogP contribution in [0.1, 0.15) is 0 Å². The standard InChI is InChI=1S/C69H47N5Si/c1-4-23-48(24-5-1)50-27-20-32-54(45-50)75(53-30-8-3-9-31-53,55-33-21-28-51(46-55)49-25-6-2-7-26-49)56-34-22-29-52(47-56)67-70-68(72-69(71-67)74-64-42-17-12-37-59(64)60-38-13-18-43-65(60)74)61-39-14-19-44-66(61)73-62-40-15-10-35-57(62)58-36-11-16-41-63(58)73/h1-47H. The molecule has 0 unspecified atom stereocenters. The van der Waals surface area contributed by atoms with E-state index in [0.717, 1.165) is 49.7 Å². The number of aromatic nitrogens is 5. The second-order valence-electron chi connectivity index (χ2n) is 19.1. The smallest absolute Gasteiger partial charge is 0.238 e. The minimum atomic E-state index is -3.19. The zero-order valence-corrected chi connectivity index (χ0v) is 41.9. The Kier molecular flexibility index (Phi) is 10.8. The van der Waals surface area contributed by atoms with Gasteiger partial charge in [0.1, 0.15) is 0 Å². The van der Waals surface area contributed by atoms with Crippen molar-refractivity contribution in [2.45, 2.75) is 0 Å². The van der Waals surface area contributed by atoms with Gasteiger partial charge in [-0.2, -0.15) is 9.97 Å². The van der Waals surface area contributed by atoms with Crippen LogP contribution in [0.15, 0.2) is 285 Å². The summed E-state index contributed by atoms with van der Waals surface area (Å²) in [6.07, 6.45) is 0. The van der Waals surface area contributed by atoms with Crippen LogP contribution in [0.3, 0.4) is 0 Å². The third-order valence-electron chi connectivity index (χ3n) is 14.9. The molecule has 0 aliphatic carbocycles. The number of hydrogen-bond donors (Lipinski definition) is 0. The average molecular weight is 974 g/mol. The number of benzene rings is 11. The minimum Gasteiger partial charge on any atom is -0.309 e. The predicted octanol–water partition coefficient (Wildman–Crippen LogP) is 14.1. The molecule has 0 atom stereocenters. The van der Waals surface area contributed by atoms with E-state index < -0.39 is 8.07 Å². The van der Waals surface area contributed by atoms with Gasteiger partial charge in [-0.1, -0.05) is 249 Å². The third-order valence-corrected chi connectivity index (χ3v) is 19.7. The highest BCUT2D eigenvalue weighted by atomic mass is 28.3. The van der Waals surface area contributed by atoms with Crippen LogP contribution in [0.2, 0.25) is 0 Å². The molecule has 0 aliphatic heterocycles. The number of para-hydroxylation sites is 5. The molecular weight excluding hydrogens is 927 g/mol. The molecule has 3 aromatic heterocycles. The van der Waals surface area contributed by atoms with E-state index in [2.05, 4.69) is 294 Å². The highest BCUT2D eigenvalue weighted by molar-refractivity contribution is 7.20. The lowest BCUT2D eigenvalue weighted by Crippen LogP contribution is -2.74. The van der Waals surface area contributed by atoms with Crippen molar-refractivity contribution in [3.8, 4) is 56.7 Å². The summed E-state index contributed by atoms with van der Waals surface area (Å²) >= 11 is 0. The summed E-state index contributed by atoms with van der Waals surface area (Å²) in [6, 6.07) is 103. The zero-order chi connectivity index (χ0) is 49.7. The van der Waals surface area contributed by atoms with E-state index in [1.807, 2.05) is 0 Å². The fraction of sp³-hybridized carbons (Fsp3) is 0. The maximum atomic E-state index is 5.59. The Morgan fingerprint density at radius 3 is 1.12 bits per heavy atom. The van der Waals surface area contributed by atoms with Crippen LogP contribution in [0, 0.1) is 0 Å². The third kappa shape index (κ3) is 7.41. The zero-order valence-electron chi connectivity index (χ0n) is 40.9. The van der Waals surface area contributed by atoms with Crippen LogP contribution in [-0.4, -0.2) is 32.2 Å². The van der Waals surface area contributed by atoms with Gasteiger partial charge >= 0.3 is 0 Å². The molecule has 0 N–H and O–H groups in total. The van der Waals surface area contributed by atoms with Crippen LogP contribution in [-0.2, 0) is 0 Å². The van der Waals surface area contributed by atoms with Crippen LogP contribution < -0.4 is 20.7 Å². The summed E-state index contributed by atoms with van der Waals surface area (Å²) in [6.45, 7) is 0. The van der Waals surface area contributed by atoms with E-state index in [-0.39, 0.29) is 0 Å². The molecule has 14 rings (SSSR count). The Balaban J connectivity index is 1.05. The number of fused-ring (bicyclic) bond motifs is 6. The van der Waals surface area contributed by atoms with Gasteiger partial charge in [0.2, 0.25) is 5.95 Å². The van der Waals surface area contributed by atoms with Crippen LogP contribution in [0.25, 0.3) is 100 Å². The Morgan fingerprint density at radius 1 is 0.253 bits per heavy atom. The van der Waals surface area contributed by atoms with Crippen molar-refractivity contribution in [1.29, 1.82) is 0 Å². The first-order chi connectivity index (χ1) is 37.2. The first-order valence-electron chi connectivity index (χ1n) is 25.5. The first-order valence-corrected chi connectivity index (χ1v) is 27.5. The topological polar surface area (TPSA) is 48.5 Å². The molecule has 0 fully saturated rings. The van der Waals surface area contributed by atoms with E-state index in [1.165, 1.54) is 53.8 Å². The highest BCUT2D eigenvalue weighted by Crippen LogP contribution is 2.37. The minimum absolute atomic E-state index is 0.549. The molecule has 6 heteroatoms. The summed E-state index contributed by atoms with van der Waals surface area (Å²) in [5.41, 5.74) is 11.8. The molecule has 0 saturated heterocycles. The molecule has 352 valence electrons. The Morgan fingerprint density at radius 2 is 0.613 bits per heavy atom. The summed E-state index contributed by atoms with van der Waals surface area (Å²) in [4.78, 5) is 16.7. The molecule has 75 heavy (non-hydrogen) atoms. The van der Waals surface area contributed by atoms with Crippen molar-refractivity contribution in [2.75, 3.05) is 0 Å². The van der Waals surface area contributed by atoms with Crippen molar-refractivity contribution < 1.29 is 0 Å². The van der Waals surface area contributed by atoms with Crippen molar-refractivity contribution in [3.05, 3.63) is 285 Å². The molecule has 0 spiro atoms. The molecule has 11 aromatic carbocycles. The Bertz CT molecular complexity index is 4240. The highest BCUT2D eigenvalue weighted by Gasteiger charge is 2.42. The summed E-state index contributed by atoms with van der Waals surface area (Å²) in [7, 11) is -3.19. The fourth-order valence-corrected chi connectivity index (χ4v) is 16.4. The number of hydrogen-bond acceptors (Lipinski definition) is 3. The quantitative estimate of drug-likeness (QED) is 0.101. The second kappa shape index (κ2) is 18.4. The fourth-order valence-electron chi connectivity index (χ4n) is 11.6. The molecule has 5 nitrogen and oxygen atoms in total. The summed E-state index contributed by atoms with van der Waals surface area (Å²) in [5.74, 6) is 1.72. The van der Waals surface area contributed by atoms with Gasteiger partial charge in [-0.15, -0.1) is 0 Å². The van der Waals surface area contributed by atoms with Crippen molar-refractivity contribution >= 4 is 72.4 Å². The maximum Gasteiger partial charge on any atom is 0.238 e. The van der Waals surface area contributed by atoms with Crippen molar-refractivity contribution in [2.24, 2.45) is 0 Å². The van der Waals surface area contributed by atoms with Crippen LogP contribution in [0.5, 0.6) is 0 Å². The van der Waals surface area contributed by atoms with E-state index in [0.29, 0.717) is 17.6 Å². The molecular formula is C69H47N5Si. The second-order valence-corrected chi connectivity index (χ2v) is 22.9. The molecule has 0 radical (unpaired) electrons. The number of nitrogens with zero attached hydrogens (tertiary/aromatic N) is 5. The van der Waals surface area contributed by atoms with Gasteiger partial charge in [0.05, 0.1) is 27.8 Å². The van der Waals surface area contributed by atoms with Gasteiger partial charge in [0.25, 0.3) is 0 Å². The molecule has 0 saturated carbocycles. The molecule has 3 heterocycles. The van der Waals surface area contributed by atoms with Gasteiger partial charge in [0, 0.05) is 32.7 Å². The predicted molar refractivity (Wildman–Crippen MR) is 314 cm³/mol. The van der Waals surface area contributed by atoms with Gasteiger partial charge in [-0.25, -0.2) is 4.98 Å². The lowest BCUT2D eigenvalue weighted by atomic mass is 10.1. The Hall–Kier alpha value is -9.75. The Labute approximate surface area is 436 Å². The van der Waals surface area contributed by atoms with Gasteiger partial charge < -0.3 is 4.57 Å². The molecule has 0 amide bonds. The van der Waals surface area contributed by atoms with Gasteiger partial charge in [-0.05, 0) is 79.4 Å². The van der Waals surface area contributed by atoms with E-state index >= 15 is 0 Å². The SMILES string of the molecule is c1ccc(-c2cccc([Si](c3ccccc3)(c3cccc(-c4ccccc4)c3)c3cccc(-c4nc(-c5ccccc5-n5c6ccccc6c6ccccc65)nc(-n5c6ccccc6c6ccccc65)n4)c3)c2)cc1. The monoisotopic (exact) mass is 973 g/mol. The largest absolute Gasteiger partial charge is 0.309 e. The summed E-state index contributed by atoms with van der Waals surface area (Å²) in [5, 5.41) is 9.71. The average Bonchev–Trinajstić information content (AvgIpc) is 4.02. The number of rotatable bonds is 10. The van der Waals surface area contributed by atoms with Gasteiger partial charge in [0.15, 0.2) is 19.7 Å². The van der Waals surface area contributed by atoms with Crippen LogP contribution in [0.4, 0.5) is 0 Å². The lowest BCUT2D eigenvalue weighted by Gasteiger charge is -2.35. The van der Waals surface area contributed by atoms with Gasteiger partial charge in [-0.3, -0.25) is 4.57 Å². The first kappa shape index (κ1) is 44.0. The normalized spacial score (nSPS) is 11.7. The van der Waals surface area contributed by atoms with E-state index in [9.17, 15) is 0 Å². The summed E-state index contributed by atoms with van der Waals surface area (Å²) < 4.78 is 4.57. The van der Waals surface area contributed by atoms with Crippen molar-refractivity contribution in [3.63, 3.8) is 0 Å². The van der Waals surface area contributed by atoms with Crippen molar-refractivity contribution in [1.82, 2.24) is 24.1 Å². The maximum absolute atomic E-state index is 5.59. The molecule has 0 aliphatic rings. The lowest BCUT2D eigenvalue weighted by molar-refractivity contribution is 0.952. The molecule has 14 aromatic rings. The van der Waals surface area contributed by atoms with E-state index in [4.69, 9.17) is 15.0 Å². The van der Waals surface area contributed by atoms with E-state index in [1.54, 1.807) is 0 Å². The molecule has 0 bridgehead atoms.